The van der Waals surface area contributed by atoms with Crippen molar-refractivity contribution in [2.24, 2.45) is 0 Å². The Labute approximate surface area is 201 Å². The van der Waals surface area contributed by atoms with Crippen molar-refractivity contribution in [2.45, 2.75) is 12.8 Å². The van der Waals surface area contributed by atoms with Crippen molar-refractivity contribution in [3.63, 3.8) is 0 Å². The molecule has 0 spiro atoms. The first kappa shape index (κ1) is 21.8. The second-order valence-corrected chi connectivity index (χ2v) is 10.4. The summed E-state index contributed by atoms with van der Waals surface area (Å²) in [7, 11) is -4.30. The van der Waals surface area contributed by atoms with Crippen molar-refractivity contribution in [3.8, 4) is 22.3 Å². The molecule has 5 nitrogen and oxygen atoms in total. The SMILES string of the molecule is Cc1c(C2c3ccccc3-c3ccccc32)c(=O)oc2cc(-c3ccc(P(=O)(O)O)cc3)ccc12. The molecule has 0 unspecified atom stereocenters. The van der Waals surface area contributed by atoms with Gasteiger partial charge in [0.15, 0.2) is 0 Å². The van der Waals surface area contributed by atoms with Gasteiger partial charge in [0.25, 0.3) is 0 Å². The molecule has 4 aromatic carbocycles. The topological polar surface area (TPSA) is 87.7 Å². The van der Waals surface area contributed by atoms with E-state index >= 15 is 0 Å². The highest BCUT2D eigenvalue weighted by molar-refractivity contribution is 7.60. The number of hydrogen-bond acceptors (Lipinski definition) is 3. The standard InChI is InChI=1S/C29H21O5P/c1-17-21-15-12-19(18-10-13-20(14-11-18)35(31,32)33)16-26(21)34-29(30)27(17)28-24-8-4-2-6-22(24)23-7-3-5-9-25(23)28/h2-16,28H,1H3,(H2,31,32,33). The lowest BCUT2D eigenvalue weighted by molar-refractivity contribution is 0.387. The van der Waals surface area contributed by atoms with Crippen molar-refractivity contribution in [1.29, 1.82) is 0 Å². The van der Waals surface area contributed by atoms with Crippen LogP contribution in [0.5, 0.6) is 0 Å². The summed E-state index contributed by atoms with van der Waals surface area (Å²) in [6.07, 6.45) is 0. The minimum absolute atomic E-state index is 0.0359. The van der Waals surface area contributed by atoms with Gasteiger partial charge in [0.05, 0.1) is 10.9 Å². The van der Waals surface area contributed by atoms with E-state index < -0.39 is 7.60 Å². The van der Waals surface area contributed by atoms with Gasteiger partial charge in [-0.25, -0.2) is 4.79 Å². The van der Waals surface area contributed by atoms with Crippen molar-refractivity contribution in [1.82, 2.24) is 0 Å². The molecule has 0 amide bonds. The minimum atomic E-state index is -4.30. The first-order valence-corrected chi connectivity index (χ1v) is 12.9. The zero-order valence-corrected chi connectivity index (χ0v) is 19.7. The van der Waals surface area contributed by atoms with E-state index in [9.17, 15) is 19.1 Å². The highest BCUT2D eigenvalue weighted by Gasteiger charge is 2.33. The maximum Gasteiger partial charge on any atom is 0.356 e. The first-order chi connectivity index (χ1) is 16.8. The summed E-state index contributed by atoms with van der Waals surface area (Å²) in [5, 5.41) is 0.822. The Morgan fingerprint density at radius 1 is 0.771 bits per heavy atom. The third kappa shape index (κ3) is 3.48. The molecular weight excluding hydrogens is 459 g/mol. The van der Waals surface area contributed by atoms with Crippen molar-refractivity contribution >= 4 is 23.9 Å². The highest BCUT2D eigenvalue weighted by atomic mass is 31.2. The fourth-order valence-corrected chi connectivity index (χ4v) is 5.74. The molecule has 1 aliphatic carbocycles. The number of rotatable bonds is 3. The molecule has 6 heteroatoms. The molecule has 0 saturated heterocycles. The molecule has 5 aromatic rings. The Balaban J connectivity index is 1.49. The average molecular weight is 480 g/mol. The zero-order valence-electron chi connectivity index (χ0n) is 18.8. The maximum atomic E-state index is 13.4. The molecule has 1 aromatic heterocycles. The van der Waals surface area contributed by atoms with Crippen LogP contribution >= 0.6 is 7.60 Å². The first-order valence-electron chi connectivity index (χ1n) is 11.2. The van der Waals surface area contributed by atoms with Crippen molar-refractivity contribution < 1.29 is 18.8 Å². The lowest BCUT2D eigenvalue weighted by Gasteiger charge is -2.17. The predicted octanol–water partition coefficient (Wildman–Crippen LogP) is 5.73. The molecule has 0 atom stereocenters. The van der Waals surface area contributed by atoms with Crippen LogP contribution in [-0.2, 0) is 4.57 Å². The van der Waals surface area contributed by atoms with Gasteiger partial charge in [-0.1, -0.05) is 72.8 Å². The normalized spacial score (nSPS) is 13.1. The van der Waals surface area contributed by atoms with Crippen molar-refractivity contribution in [3.05, 3.63) is 124 Å². The van der Waals surface area contributed by atoms with Crippen LogP contribution in [0.2, 0.25) is 0 Å². The van der Waals surface area contributed by atoms with E-state index in [2.05, 4.69) is 24.3 Å². The van der Waals surface area contributed by atoms with E-state index in [4.69, 9.17) is 4.42 Å². The molecule has 172 valence electrons. The van der Waals surface area contributed by atoms with Crippen LogP contribution in [0.4, 0.5) is 0 Å². The molecule has 0 aliphatic heterocycles. The van der Waals surface area contributed by atoms with E-state index in [1.54, 1.807) is 18.2 Å². The fourth-order valence-electron chi connectivity index (χ4n) is 5.20. The Kier molecular flexibility index (Phi) is 4.90. The monoisotopic (exact) mass is 480 g/mol. The van der Waals surface area contributed by atoms with Gasteiger partial charge in [-0.15, -0.1) is 0 Å². The second-order valence-electron chi connectivity index (χ2n) is 8.84. The van der Waals surface area contributed by atoms with Crippen LogP contribution in [0.3, 0.4) is 0 Å². The predicted molar refractivity (Wildman–Crippen MR) is 137 cm³/mol. The van der Waals surface area contributed by atoms with Gasteiger partial charge in [0.1, 0.15) is 5.58 Å². The number of benzene rings is 4. The van der Waals surface area contributed by atoms with Gasteiger partial charge < -0.3 is 14.2 Å². The van der Waals surface area contributed by atoms with Crippen LogP contribution in [-0.4, -0.2) is 9.79 Å². The van der Waals surface area contributed by atoms with E-state index in [0.717, 1.165) is 44.3 Å². The van der Waals surface area contributed by atoms with Crippen molar-refractivity contribution in [2.75, 3.05) is 0 Å². The van der Waals surface area contributed by atoms with E-state index in [1.165, 1.54) is 12.1 Å². The van der Waals surface area contributed by atoms with Gasteiger partial charge in [-0.3, -0.25) is 4.57 Å². The van der Waals surface area contributed by atoms with Gasteiger partial charge in [0.2, 0.25) is 0 Å². The zero-order chi connectivity index (χ0) is 24.3. The smallest absolute Gasteiger partial charge is 0.356 e. The fraction of sp³-hybridized carbons (Fsp3) is 0.0690. The Morgan fingerprint density at radius 2 is 1.34 bits per heavy atom. The Bertz CT molecular complexity index is 1680. The number of fused-ring (bicyclic) bond motifs is 4. The lowest BCUT2D eigenvalue weighted by Crippen LogP contribution is -2.15. The average Bonchev–Trinajstić information content (AvgIpc) is 3.18. The molecule has 2 N–H and O–H groups in total. The molecule has 0 saturated carbocycles. The molecule has 35 heavy (non-hydrogen) atoms. The van der Waals surface area contributed by atoms with Crippen LogP contribution in [0.25, 0.3) is 33.2 Å². The van der Waals surface area contributed by atoms with E-state index in [0.29, 0.717) is 11.1 Å². The van der Waals surface area contributed by atoms with Gasteiger partial charge in [-0.2, -0.15) is 0 Å². The van der Waals surface area contributed by atoms with E-state index in [1.807, 2.05) is 43.3 Å². The summed E-state index contributed by atoms with van der Waals surface area (Å²) in [4.78, 5) is 32.1. The quantitative estimate of drug-likeness (QED) is 0.249. The minimum Gasteiger partial charge on any atom is -0.422 e. The third-order valence-electron chi connectivity index (χ3n) is 6.87. The number of aryl methyl sites for hydroxylation is 1. The Hall–Kier alpha value is -3.76. The molecule has 0 bridgehead atoms. The second kappa shape index (κ2) is 7.89. The molecule has 0 fully saturated rings. The summed E-state index contributed by atoms with van der Waals surface area (Å²) in [5.74, 6) is -0.192. The number of hydrogen-bond donors (Lipinski definition) is 2. The van der Waals surface area contributed by atoms with Crippen LogP contribution in [0.1, 0.15) is 28.2 Å². The van der Waals surface area contributed by atoms with Gasteiger partial charge in [0, 0.05) is 11.3 Å². The van der Waals surface area contributed by atoms with E-state index in [-0.39, 0.29) is 16.8 Å². The van der Waals surface area contributed by atoms with Crippen LogP contribution in [0.15, 0.2) is 100 Å². The molecule has 0 radical (unpaired) electrons. The lowest BCUT2D eigenvalue weighted by atomic mass is 9.86. The summed E-state index contributed by atoms with van der Waals surface area (Å²) in [6.45, 7) is 1.96. The summed E-state index contributed by atoms with van der Waals surface area (Å²) in [5.41, 5.74) is 7.70. The molecular formula is C29H21O5P. The molecule has 1 aliphatic rings. The van der Waals surface area contributed by atoms with Gasteiger partial charge in [-0.05, 0) is 64.1 Å². The third-order valence-corrected chi connectivity index (χ3v) is 7.84. The van der Waals surface area contributed by atoms with Crippen LogP contribution in [0, 0.1) is 6.92 Å². The maximum absolute atomic E-state index is 13.4. The molecule has 6 rings (SSSR count). The van der Waals surface area contributed by atoms with Crippen LogP contribution < -0.4 is 10.9 Å². The summed E-state index contributed by atoms with van der Waals surface area (Å²) >= 11 is 0. The summed E-state index contributed by atoms with van der Waals surface area (Å²) in [6, 6.07) is 28.2. The highest BCUT2D eigenvalue weighted by Crippen LogP contribution is 2.48. The Morgan fingerprint density at radius 3 is 1.94 bits per heavy atom. The largest absolute Gasteiger partial charge is 0.422 e. The van der Waals surface area contributed by atoms with Gasteiger partial charge >= 0.3 is 13.2 Å². The molecule has 1 heterocycles. The summed E-state index contributed by atoms with van der Waals surface area (Å²) < 4.78 is 17.3.